The average Bonchev–Trinajstić information content (AvgIpc) is 2.90. The summed E-state index contributed by atoms with van der Waals surface area (Å²) >= 11 is 0. The lowest BCUT2D eigenvalue weighted by atomic mass is 9.91. The van der Waals surface area contributed by atoms with Gasteiger partial charge in [-0.3, -0.25) is 4.98 Å². The van der Waals surface area contributed by atoms with Crippen LogP contribution in [-0.2, 0) is 4.74 Å². The SMILES string of the molecule is CC(C)(C)OC(=O)NC1CC=C(c2coc3cccnc23)CC1. The maximum Gasteiger partial charge on any atom is 0.407 e. The van der Waals surface area contributed by atoms with Crippen molar-refractivity contribution in [1.29, 1.82) is 0 Å². The Balaban J connectivity index is 1.66. The molecule has 0 aromatic carbocycles. The second kappa shape index (κ2) is 6.07. The zero-order valence-electron chi connectivity index (χ0n) is 13.8. The summed E-state index contributed by atoms with van der Waals surface area (Å²) in [5, 5.41) is 2.93. The number of nitrogens with zero attached hydrogens (tertiary/aromatic N) is 1. The lowest BCUT2D eigenvalue weighted by molar-refractivity contribution is 0.0502. The number of pyridine rings is 1. The molecule has 1 atom stereocenters. The number of nitrogens with one attached hydrogen (secondary N) is 1. The first-order valence-electron chi connectivity index (χ1n) is 7.93. The first kappa shape index (κ1) is 15.6. The van der Waals surface area contributed by atoms with Crippen LogP contribution in [0, 0.1) is 0 Å². The highest BCUT2D eigenvalue weighted by Crippen LogP contribution is 2.32. The van der Waals surface area contributed by atoms with E-state index in [-0.39, 0.29) is 12.1 Å². The van der Waals surface area contributed by atoms with Crippen molar-refractivity contribution in [2.75, 3.05) is 0 Å². The lowest BCUT2D eigenvalue weighted by Gasteiger charge is -2.25. The van der Waals surface area contributed by atoms with Gasteiger partial charge in [0.1, 0.15) is 17.4 Å². The molecule has 1 aliphatic carbocycles. The monoisotopic (exact) mass is 314 g/mol. The molecule has 3 rings (SSSR count). The van der Waals surface area contributed by atoms with E-state index >= 15 is 0 Å². The Morgan fingerprint density at radius 1 is 1.43 bits per heavy atom. The van der Waals surface area contributed by atoms with Crippen LogP contribution in [0.5, 0.6) is 0 Å². The highest BCUT2D eigenvalue weighted by Gasteiger charge is 2.22. The number of ether oxygens (including phenoxy) is 1. The Labute approximate surface area is 135 Å². The van der Waals surface area contributed by atoms with Gasteiger partial charge in [-0.2, -0.15) is 0 Å². The molecule has 1 unspecified atom stereocenters. The van der Waals surface area contributed by atoms with Gasteiger partial charge in [-0.15, -0.1) is 0 Å². The fraction of sp³-hybridized carbons (Fsp3) is 0.444. The van der Waals surface area contributed by atoms with Gasteiger partial charge in [0.25, 0.3) is 0 Å². The van der Waals surface area contributed by atoms with E-state index < -0.39 is 5.60 Å². The maximum absolute atomic E-state index is 11.8. The number of aromatic nitrogens is 1. The number of hydrogen-bond acceptors (Lipinski definition) is 4. The minimum atomic E-state index is -0.471. The standard InChI is InChI=1S/C18H22N2O3/c1-18(2,3)23-17(21)20-13-8-6-12(7-9-13)14-11-22-15-5-4-10-19-16(14)15/h4-6,10-11,13H,7-9H2,1-3H3,(H,20,21). The first-order valence-corrected chi connectivity index (χ1v) is 7.93. The van der Waals surface area contributed by atoms with Crippen molar-refractivity contribution in [3.05, 3.63) is 36.2 Å². The molecule has 5 nitrogen and oxygen atoms in total. The van der Waals surface area contributed by atoms with E-state index in [4.69, 9.17) is 9.15 Å². The van der Waals surface area contributed by atoms with Crippen LogP contribution < -0.4 is 5.32 Å². The van der Waals surface area contributed by atoms with E-state index in [0.717, 1.165) is 35.9 Å². The Bertz CT molecular complexity index is 740. The lowest BCUT2D eigenvalue weighted by Crippen LogP contribution is -2.39. The fourth-order valence-corrected chi connectivity index (χ4v) is 2.78. The van der Waals surface area contributed by atoms with Crippen LogP contribution in [0.3, 0.4) is 0 Å². The van der Waals surface area contributed by atoms with Crippen molar-refractivity contribution in [2.45, 2.75) is 51.7 Å². The minimum Gasteiger partial charge on any atom is -0.462 e. The molecule has 0 aliphatic heterocycles. The second-order valence-corrected chi connectivity index (χ2v) is 6.85. The molecule has 2 aromatic rings. The maximum atomic E-state index is 11.8. The van der Waals surface area contributed by atoms with Crippen LogP contribution in [0.4, 0.5) is 4.79 Å². The molecule has 5 heteroatoms. The summed E-state index contributed by atoms with van der Waals surface area (Å²) in [6.07, 6.45) is 7.90. The Hall–Kier alpha value is -2.30. The molecule has 1 N–H and O–H groups in total. The number of allylic oxidation sites excluding steroid dienone is 1. The van der Waals surface area contributed by atoms with Gasteiger partial charge in [0.15, 0.2) is 5.58 Å². The van der Waals surface area contributed by atoms with Crippen molar-refractivity contribution in [1.82, 2.24) is 10.3 Å². The van der Waals surface area contributed by atoms with E-state index in [1.807, 2.05) is 32.9 Å². The number of furan rings is 1. The third kappa shape index (κ3) is 3.73. The molecular weight excluding hydrogens is 292 g/mol. The van der Waals surface area contributed by atoms with E-state index in [1.54, 1.807) is 12.5 Å². The summed E-state index contributed by atoms with van der Waals surface area (Å²) in [5.41, 5.74) is 3.51. The predicted octanol–water partition coefficient (Wildman–Crippen LogP) is 4.29. The van der Waals surface area contributed by atoms with Gasteiger partial charge in [-0.1, -0.05) is 6.08 Å². The summed E-state index contributed by atoms with van der Waals surface area (Å²) in [6.45, 7) is 5.59. The zero-order valence-corrected chi connectivity index (χ0v) is 13.8. The molecule has 1 aliphatic rings. The summed E-state index contributed by atoms with van der Waals surface area (Å²) in [6, 6.07) is 3.90. The topological polar surface area (TPSA) is 64.4 Å². The minimum absolute atomic E-state index is 0.111. The number of amides is 1. The molecule has 23 heavy (non-hydrogen) atoms. The van der Waals surface area contributed by atoms with Crippen LogP contribution in [0.2, 0.25) is 0 Å². The van der Waals surface area contributed by atoms with Gasteiger partial charge in [-0.05, 0) is 57.7 Å². The highest BCUT2D eigenvalue weighted by molar-refractivity contribution is 5.88. The summed E-state index contributed by atoms with van der Waals surface area (Å²) in [4.78, 5) is 16.2. The van der Waals surface area contributed by atoms with E-state index in [9.17, 15) is 4.79 Å². The molecular formula is C18H22N2O3. The molecule has 0 saturated heterocycles. The number of carbonyl (C=O) groups is 1. The molecule has 1 amide bonds. The van der Waals surface area contributed by atoms with Crippen LogP contribution in [0.25, 0.3) is 16.7 Å². The summed E-state index contributed by atoms with van der Waals surface area (Å²) in [7, 11) is 0. The van der Waals surface area contributed by atoms with E-state index in [1.165, 1.54) is 5.57 Å². The highest BCUT2D eigenvalue weighted by atomic mass is 16.6. The molecule has 122 valence electrons. The van der Waals surface area contributed by atoms with Crippen LogP contribution in [0.1, 0.15) is 45.6 Å². The molecule has 0 radical (unpaired) electrons. The third-order valence-electron chi connectivity index (χ3n) is 3.81. The molecule has 0 spiro atoms. The third-order valence-corrected chi connectivity index (χ3v) is 3.81. The van der Waals surface area contributed by atoms with Crippen molar-refractivity contribution in [2.24, 2.45) is 0 Å². The van der Waals surface area contributed by atoms with Crippen LogP contribution in [-0.4, -0.2) is 22.7 Å². The number of alkyl carbamates (subject to hydrolysis) is 1. The Kier molecular flexibility index (Phi) is 4.11. The Morgan fingerprint density at radius 2 is 2.26 bits per heavy atom. The van der Waals surface area contributed by atoms with Crippen molar-refractivity contribution < 1.29 is 13.9 Å². The molecule has 0 bridgehead atoms. The van der Waals surface area contributed by atoms with E-state index in [2.05, 4.69) is 16.4 Å². The largest absolute Gasteiger partial charge is 0.462 e. The van der Waals surface area contributed by atoms with Gasteiger partial charge in [0, 0.05) is 17.8 Å². The van der Waals surface area contributed by atoms with Gasteiger partial charge in [-0.25, -0.2) is 4.79 Å². The first-order chi connectivity index (χ1) is 10.9. The predicted molar refractivity (Wildman–Crippen MR) is 89.0 cm³/mol. The smallest absolute Gasteiger partial charge is 0.407 e. The summed E-state index contributed by atoms with van der Waals surface area (Å²) < 4.78 is 10.9. The second-order valence-electron chi connectivity index (χ2n) is 6.85. The molecule has 0 fully saturated rings. The quantitative estimate of drug-likeness (QED) is 0.898. The van der Waals surface area contributed by atoms with Crippen LogP contribution >= 0.6 is 0 Å². The Morgan fingerprint density at radius 3 is 2.96 bits per heavy atom. The normalized spacial score (nSPS) is 18.6. The van der Waals surface area contributed by atoms with E-state index in [0.29, 0.717) is 0 Å². The number of carbonyl (C=O) groups excluding carboxylic acids is 1. The number of fused-ring (bicyclic) bond motifs is 1. The van der Waals surface area contributed by atoms with Crippen molar-refractivity contribution >= 4 is 22.8 Å². The fourth-order valence-electron chi connectivity index (χ4n) is 2.78. The van der Waals surface area contributed by atoms with Gasteiger partial charge < -0.3 is 14.5 Å². The number of rotatable bonds is 2. The van der Waals surface area contributed by atoms with Gasteiger partial charge >= 0.3 is 6.09 Å². The number of hydrogen-bond donors (Lipinski definition) is 1. The van der Waals surface area contributed by atoms with Gasteiger partial charge in [0.05, 0.1) is 0 Å². The zero-order chi connectivity index (χ0) is 16.4. The molecule has 0 saturated carbocycles. The van der Waals surface area contributed by atoms with Crippen LogP contribution in [0.15, 0.2) is 35.1 Å². The van der Waals surface area contributed by atoms with Crippen molar-refractivity contribution in [3.8, 4) is 0 Å². The average molecular weight is 314 g/mol. The van der Waals surface area contributed by atoms with Crippen molar-refractivity contribution in [3.63, 3.8) is 0 Å². The molecule has 2 aromatic heterocycles. The van der Waals surface area contributed by atoms with Gasteiger partial charge in [0.2, 0.25) is 0 Å². The summed E-state index contributed by atoms with van der Waals surface area (Å²) in [5.74, 6) is 0. The molecule has 2 heterocycles.